The van der Waals surface area contributed by atoms with Crippen molar-refractivity contribution >= 4 is 0 Å². The van der Waals surface area contributed by atoms with Crippen LogP contribution in [-0.4, -0.2) is 15.0 Å². The van der Waals surface area contributed by atoms with Gasteiger partial charge >= 0.3 is 0 Å². The van der Waals surface area contributed by atoms with Crippen molar-refractivity contribution in [3.05, 3.63) is 11.9 Å². The molecule has 0 bridgehead atoms. The molecule has 0 saturated carbocycles. The Bertz CT molecular complexity index is 142. The van der Waals surface area contributed by atoms with Crippen LogP contribution in [0.1, 0.15) is 47.2 Å². The first-order valence-electron chi connectivity index (χ1n) is 5.12. The predicted molar refractivity (Wildman–Crippen MR) is 59.8 cm³/mol. The van der Waals surface area contributed by atoms with Crippen LogP contribution >= 0.6 is 0 Å². The SMILES string of the molecule is CC.CC.CC.Cc1cnnn1C. The van der Waals surface area contributed by atoms with Gasteiger partial charge in [0.2, 0.25) is 0 Å². The zero-order valence-electron chi connectivity index (χ0n) is 10.4. The molecule has 0 aliphatic heterocycles. The van der Waals surface area contributed by atoms with Crippen LogP contribution in [0.3, 0.4) is 0 Å². The van der Waals surface area contributed by atoms with Crippen molar-refractivity contribution in [1.29, 1.82) is 0 Å². The van der Waals surface area contributed by atoms with Crippen molar-refractivity contribution in [2.24, 2.45) is 7.05 Å². The highest BCUT2D eigenvalue weighted by Crippen LogP contribution is 1.84. The highest BCUT2D eigenvalue weighted by atomic mass is 15.4. The van der Waals surface area contributed by atoms with Crippen molar-refractivity contribution in [1.82, 2.24) is 15.0 Å². The van der Waals surface area contributed by atoms with Crippen LogP contribution < -0.4 is 0 Å². The average Bonchev–Trinajstić information content (AvgIpc) is 2.61. The predicted octanol–water partition coefficient (Wildman–Crippen LogP) is 3.20. The first-order chi connectivity index (χ1) is 6.30. The zero-order valence-corrected chi connectivity index (χ0v) is 10.4. The Morgan fingerprint density at radius 2 is 1.38 bits per heavy atom. The van der Waals surface area contributed by atoms with Crippen LogP contribution in [0.2, 0.25) is 0 Å². The summed E-state index contributed by atoms with van der Waals surface area (Å²) in [5, 5.41) is 7.32. The third kappa shape index (κ3) is 11.1. The molecule has 1 aromatic rings. The first kappa shape index (κ1) is 18.0. The molecule has 1 rings (SSSR count). The number of aromatic nitrogens is 3. The highest BCUT2D eigenvalue weighted by Gasteiger charge is 1.85. The third-order valence-electron chi connectivity index (χ3n) is 0.941. The van der Waals surface area contributed by atoms with Gasteiger partial charge in [0.25, 0.3) is 0 Å². The number of aryl methyl sites for hydroxylation is 2. The van der Waals surface area contributed by atoms with Crippen LogP contribution in [-0.2, 0) is 7.05 Å². The first-order valence-corrected chi connectivity index (χ1v) is 5.12. The molecule has 0 aliphatic rings. The summed E-state index contributed by atoms with van der Waals surface area (Å²) in [7, 11) is 1.86. The lowest BCUT2D eigenvalue weighted by Crippen LogP contribution is -1.91. The minimum absolute atomic E-state index is 1.08. The summed E-state index contributed by atoms with van der Waals surface area (Å²) in [4.78, 5) is 0. The van der Waals surface area contributed by atoms with E-state index in [0.29, 0.717) is 0 Å². The van der Waals surface area contributed by atoms with Gasteiger partial charge in [-0.3, -0.25) is 4.68 Å². The van der Waals surface area contributed by atoms with E-state index in [1.165, 1.54) is 0 Å². The fourth-order valence-corrected chi connectivity index (χ4v) is 0.341. The lowest BCUT2D eigenvalue weighted by molar-refractivity contribution is 0.696. The van der Waals surface area contributed by atoms with E-state index in [1.54, 1.807) is 10.9 Å². The number of nitrogens with zero attached hydrogens (tertiary/aromatic N) is 3. The van der Waals surface area contributed by atoms with E-state index < -0.39 is 0 Å². The summed E-state index contributed by atoms with van der Waals surface area (Å²) in [6, 6.07) is 0. The smallest absolute Gasteiger partial charge is 0.0722 e. The van der Waals surface area contributed by atoms with Gasteiger partial charge in [-0.05, 0) is 6.92 Å². The van der Waals surface area contributed by atoms with Crippen molar-refractivity contribution in [2.45, 2.75) is 48.5 Å². The summed E-state index contributed by atoms with van der Waals surface area (Å²) >= 11 is 0. The minimum atomic E-state index is 1.08. The lowest BCUT2D eigenvalue weighted by atomic mass is 10.6. The number of rotatable bonds is 0. The lowest BCUT2D eigenvalue weighted by Gasteiger charge is -1.84. The molecule has 13 heavy (non-hydrogen) atoms. The van der Waals surface area contributed by atoms with E-state index in [1.807, 2.05) is 55.5 Å². The monoisotopic (exact) mass is 187 g/mol. The molecule has 0 radical (unpaired) electrons. The molecule has 0 aromatic carbocycles. The topological polar surface area (TPSA) is 30.7 Å². The molecule has 1 heterocycles. The van der Waals surface area contributed by atoms with Gasteiger partial charge < -0.3 is 0 Å². The van der Waals surface area contributed by atoms with E-state index in [-0.39, 0.29) is 0 Å². The summed E-state index contributed by atoms with van der Waals surface area (Å²) in [5.74, 6) is 0. The largest absolute Gasteiger partial charge is 0.253 e. The molecule has 0 amide bonds. The van der Waals surface area contributed by atoms with Crippen LogP contribution in [0.5, 0.6) is 0 Å². The molecule has 0 spiro atoms. The van der Waals surface area contributed by atoms with Gasteiger partial charge in [-0.25, -0.2) is 0 Å². The molecule has 0 N–H and O–H groups in total. The summed E-state index contributed by atoms with van der Waals surface area (Å²) in [6.45, 7) is 14.0. The second-order valence-corrected chi connectivity index (χ2v) is 1.50. The second-order valence-electron chi connectivity index (χ2n) is 1.50. The average molecular weight is 187 g/mol. The second kappa shape index (κ2) is 17.3. The molecule has 0 atom stereocenters. The van der Waals surface area contributed by atoms with Crippen molar-refractivity contribution in [2.75, 3.05) is 0 Å². The molecule has 0 aliphatic carbocycles. The van der Waals surface area contributed by atoms with E-state index in [2.05, 4.69) is 10.3 Å². The third-order valence-corrected chi connectivity index (χ3v) is 0.941. The summed E-state index contributed by atoms with van der Waals surface area (Å²) < 4.78 is 1.72. The Kier molecular flexibility index (Phi) is 24.0. The Morgan fingerprint density at radius 3 is 1.46 bits per heavy atom. The van der Waals surface area contributed by atoms with Gasteiger partial charge in [0.1, 0.15) is 0 Å². The highest BCUT2D eigenvalue weighted by molar-refractivity contribution is 4.86. The van der Waals surface area contributed by atoms with E-state index in [0.717, 1.165) is 5.69 Å². The fourth-order valence-electron chi connectivity index (χ4n) is 0.341. The van der Waals surface area contributed by atoms with Gasteiger partial charge in [-0.2, -0.15) is 0 Å². The fraction of sp³-hybridized carbons (Fsp3) is 0.800. The quantitative estimate of drug-likeness (QED) is 0.624. The van der Waals surface area contributed by atoms with E-state index in [4.69, 9.17) is 0 Å². The molecule has 0 saturated heterocycles. The van der Waals surface area contributed by atoms with Gasteiger partial charge in [-0.1, -0.05) is 46.8 Å². The Balaban J connectivity index is -0.000000144. The van der Waals surface area contributed by atoms with Crippen molar-refractivity contribution in [3.63, 3.8) is 0 Å². The minimum Gasteiger partial charge on any atom is -0.253 e. The standard InChI is InChI=1S/C4H7N3.3C2H6/c1-4-3-5-6-7(4)2;3*1-2/h3H,1-2H3;3*1-2H3. The molecular formula is C10H25N3. The van der Waals surface area contributed by atoms with Crippen LogP contribution in [0, 0.1) is 6.92 Å². The summed E-state index contributed by atoms with van der Waals surface area (Å²) in [5.41, 5.74) is 1.08. The van der Waals surface area contributed by atoms with Crippen LogP contribution in [0.25, 0.3) is 0 Å². The Morgan fingerprint density at radius 1 is 1.00 bits per heavy atom. The Hall–Kier alpha value is -0.860. The van der Waals surface area contributed by atoms with E-state index in [9.17, 15) is 0 Å². The van der Waals surface area contributed by atoms with E-state index >= 15 is 0 Å². The molecule has 3 heteroatoms. The maximum atomic E-state index is 3.68. The summed E-state index contributed by atoms with van der Waals surface area (Å²) in [6.07, 6.45) is 1.72. The van der Waals surface area contributed by atoms with Gasteiger partial charge in [0.15, 0.2) is 0 Å². The Labute approximate surface area is 83.2 Å². The van der Waals surface area contributed by atoms with Crippen LogP contribution in [0.4, 0.5) is 0 Å². The molecule has 3 nitrogen and oxygen atoms in total. The molecule has 0 fully saturated rings. The molecule has 0 unspecified atom stereocenters. The maximum Gasteiger partial charge on any atom is 0.0722 e. The van der Waals surface area contributed by atoms with Crippen molar-refractivity contribution in [3.8, 4) is 0 Å². The van der Waals surface area contributed by atoms with Gasteiger partial charge in [0.05, 0.1) is 11.9 Å². The normalized spacial score (nSPS) is 6.46. The van der Waals surface area contributed by atoms with Crippen molar-refractivity contribution < 1.29 is 0 Å². The zero-order chi connectivity index (χ0) is 11.3. The maximum absolute atomic E-state index is 3.68. The number of hydrogen-bond donors (Lipinski definition) is 0. The molecule has 80 valence electrons. The van der Waals surface area contributed by atoms with Gasteiger partial charge in [0, 0.05) is 7.05 Å². The number of hydrogen-bond acceptors (Lipinski definition) is 2. The molecule has 1 aromatic heterocycles. The van der Waals surface area contributed by atoms with Gasteiger partial charge in [-0.15, -0.1) is 5.10 Å². The van der Waals surface area contributed by atoms with Crippen LogP contribution in [0.15, 0.2) is 6.20 Å². The molecular weight excluding hydrogens is 162 g/mol.